The molecule has 2 saturated heterocycles. The lowest BCUT2D eigenvalue weighted by Gasteiger charge is -2.28. The number of hydrogen-bond acceptors (Lipinski definition) is 7. The van der Waals surface area contributed by atoms with Crippen LogP contribution >= 0.6 is 27.0 Å². The predicted octanol–water partition coefficient (Wildman–Crippen LogP) is 4.86. The summed E-state index contributed by atoms with van der Waals surface area (Å²) in [5, 5.41) is 18.4. The maximum atomic E-state index is 14.6. The van der Waals surface area contributed by atoms with Crippen molar-refractivity contribution in [2.75, 3.05) is 19.7 Å². The fraction of sp³-hybridized carbons (Fsp3) is 0.333. The fourth-order valence-electron chi connectivity index (χ4n) is 5.34. The maximum absolute atomic E-state index is 14.6. The number of aromatic carboxylic acids is 1. The Balaban J connectivity index is 0.00000212. The van der Waals surface area contributed by atoms with Crippen LogP contribution in [0.5, 0.6) is 5.75 Å². The second-order valence-electron chi connectivity index (χ2n) is 10.4. The number of nitriles is 1. The molecule has 4 heterocycles. The van der Waals surface area contributed by atoms with E-state index in [4.69, 9.17) is 19.7 Å². The molecule has 0 radical (unpaired) electrons. The molecule has 9 nitrogen and oxygen atoms in total. The summed E-state index contributed by atoms with van der Waals surface area (Å²) in [6.45, 7) is 3.12. The van der Waals surface area contributed by atoms with Crippen LogP contribution in [0.1, 0.15) is 51.9 Å². The number of carboxylic acid groups (broad SMARTS) is 1. The van der Waals surface area contributed by atoms with E-state index in [1.54, 1.807) is 24.3 Å². The zero-order valence-electron chi connectivity index (χ0n) is 23.1. The van der Waals surface area contributed by atoms with Gasteiger partial charge in [0.25, 0.3) is 0 Å². The Bertz CT molecular complexity index is 1670. The van der Waals surface area contributed by atoms with Crippen LogP contribution in [0.4, 0.5) is 8.78 Å². The van der Waals surface area contributed by atoms with Crippen LogP contribution in [0.25, 0.3) is 11.0 Å². The summed E-state index contributed by atoms with van der Waals surface area (Å²) >= 11 is 0. The highest BCUT2D eigenvalue weighted by Crippen LogP contribution is 2.30. The molecule has 0 unspecified atom stereocenters. The van der Waals surface area contributed by atoms with Gasteiger partial charge >= 0.3 is 5.97 Å². The smallest absolute Gasteiger partial charge is 0.335 e. The Kier molecular flexibility index (Phi) is 10.3. The summed E-state index contributed by atoms with van der Waals surface area (Å²) in [5.41, 5.74) is 2.71. The summed E-state index contributed by atoms with van der Waals surface area (Å²) < 4.78 is 41.9. The minimum Gasteiger partial charge on any atom is -0.484 e. The van der Waals surface area contributed by atoms with Crippen LogP contribution in [0, 0.1) is 23.0 Å². The molecule has 226 valence electrons. The summed E-state index contributed by atoms with van der Waals surface area (Å²) in [7, 11) is 0. The van der Waals surface area contributed by atoms with Crippen LogP contribution in [0.3, 0.4) is 0 Å². The van der Waals surface area contributed by atoms with E-state index in [2.05, 4.69) is 14.5 Å². The molecule has 6 rings (SSSR count). The van der Waals surface area contributed by atoms with E-state index in [1.807, 2.05) is 6.07 Å². The van der Waals surface area contributed by atoms with Crippen LogP contribution in [0.2, 0.25) is 0 Å². The Hall–Kier alpha value is -3.70. The largest absolute Gasteiger partial charge is 0.484 e. The maximum Gasteiger partial charge on any atom is 0.335 e. The quantitative estimate of drug-likeness (QED) is 0.280. The van der Waals surface area contributed by atoms with E-state index in [1.165, 1.54) is 18.2 Å². The molecule has 0 amide bonds. The highest BCUT2D eigenvalue weighted by atomic mass is 32.1. The Morgan fingerprint density at radius 2 is 1.91 bits per heavy atom. The molecule has 4 aromatic rings. The van der Waals surface area contributed by atoms with Gasteiger partial charge in [0, 0.05) is 24.8 Å². The van der Waals surface area contributed by atoms with E-state index in [0.717, 1.165) is 54.6 Å². The third kappa shape index (κ3) is 6.94. The first-order valence-corrected chi connectivity index (χ1v) is 13.4. The third-order valence-electron chi connectivity index (χ3n) is 7.68. The Morgan fingerprint density at radius 1 is 1.09 bits per heavy atom. The zero-order chi connectivity index (χ0) is 28.5. The monoisotopic (exact) mass is 627 g/mol. The Labute approximate surface area is 261 Å². The standard InChI is InChI=1S/C30H27F2N5O4.2H2S/c31-22-3-5-24(34-26(22)17-41-28-6-1-18(13-33)11-23(28)32)20-7-9-36(14-20)16-29-35-25-4-2-19(30(38)39)12-27(25)37(29)15-21-8-10-40-21;;/h1-6,11-12,20-21H,7-10,14-17H2,(H,38,39);2*1H2/t20-,21-;;/m0../s1. The molecule has 13 heteroatoms. The molecule has 0 aliphatic carbocycles. The molecule has 0 bridgehead atoms. The van der Waals surface area contributed by atoms with Crippen LogP contribution in [-0.4, -0.2) is 56.3 Å². The second-order valence-corrected chi connectivity index (χ2v) is 10.4. The number of likely N-dealkylation sites (tertiary alicyclic amines) is 1. The van der Waals surface area contributed by atoms with Gasteiger partial charge in [0.1, 0.15) is 23.9 Å². The van der Waals surface area contributed by atoms with Crippen molar-refractivity contribution in [1.29, 1.82) is 5.26 Å². The van der Waals surface area contributed by atoms with Crippen molar-refractivity contribution >= 4 is 44.0 Å². The summed E-state index contributed by atoms with van der Waals surface area (Å²) in [6.07, 6.45) is 1.84. The number of fused-ring (bicyclic) bond motifs is 1. The summed E-state index contributed by atoms with van der Waals surface area (Å²) in [4.78, 5) is 23.2. The van der Waals surface area contributed by atoms with E-state index >= 15 is 0 Å². The Morgan fingerprint density at radius 3 is 2.60 bits per heavy atom. The van der Waals surface area contributed by atoms with Crippen molar-refractivity contribution in [3.8, 4) is 11.8 Å². The van der Waals surface area contributed by atoms with Gasteiger partial charge < -0.3 is 19.1 Å². The van der Waals surface area contributed by atoms with Crippen molar-refractivity contribution < 1.29 is 28.2 Å². The number of nitrogens with zero attached hydrogens (tertiary/aromatic N) is 5. The molecule has 2 fully saturated rings. The number of pyridine rings is 1. The van der Waals surface area contributed by atoms with Crippen LogP contribution in [0.15, 0.2) is 48.5 Å². The topological polar surface area (TPSA) is 114 Å². The van der Waals surface area contributed by atoms with Gasteiger partial charge in [0.15, 0.2) is 11.6 Å². The minimum absolute atomic E-state index is 0. The molecule has 2 aliphatic rings. The number of imidazole rings is 1. The molecule has 2 atom stereocenters. The average molecular weight is 628 g/mol. The normalized spacial score (nSPS) is 17.9. The molecule has 0 spiro atoms. The lowest BCUT2D eigenvalue weighted by Crippen LogP contribution is -2.32. The van der Waals surface area contributed by atoms with E-state index < -0.39 is 17.6 Å². The number of halogens is 2. The van der Waals surface area contributed by atoms with E-state index in [9.17, 15) is 18.7 Å². The van der Waals surface area contributed by atoms with Crippen molar-refractivity contribution in [3.63, 3.8) is 0 Å². The number of ether oxygens (including phenoxy) is 2. The lowest BCUT2D eigenvalue weighted by atomic mass is 10.0. The van der Waals surface area contributed by atoms with E-state index in [0.29, 0.717) is 19.6 Å². The summed E-state index contributed by atoms with van der Waals surface area (Å²) in [6, 6.07) is 13.7. The van der Waals surface area contributed by atoms with Gasteiger partial charge in [-0.25, -0.2) is 18.6 Å². The van der Waals surface area contributed by atoms with Gasteiger partial charge in [-0.2, -0.15) is 32.3 Å². The van der Waals surface area contributed by atoms with Crippen molar-refractivity contribution in [3.05, 3.63) is 88.5 Å². The number of carboxylic acids is 1. The highest BCUT2D eigenvalue weighted by molar-refractivity contribution is 7.59. The second kappa shape index (κ2) is 13.7. The van der Waals surface area contributed by atoms with Crippen LogP contribution < -0.4 is 4.74 Å². The molecule has 43 heavy (non-hydrogen) atoms. The highest BCUT2D eigenvalue weighted by Gasteiger charge is 2.28. The predicted molar refractivity (Wildman–Crippen MR) is 164 cm³/mol. The SMILES string of the molecule is N#Cc1ccc(OCc2nc([C@H]3CCN(Cc4nc5ccc(C(=O)O)cc5n4C[C@@H]4CCO4)C3)ccc2F)c(F)c1.S.S. The number of rotatable bonds is 9. The van der Waals surface area contributed by atoms with Crippen LogP contribution in [-0.2, 0) is 24.4 Å². The molecular formula is C30H31F2N5O4S2. The molecule has 2 aromatic carbocycles. The average Bonchev–Trinajstić information content (AvgIpc) is 3.54. The first-order valence-electron chi connectivity index (χ1n) is 13.4. The van der Waals surface area contributed by atoms with Crippen molar-refractivity contribution in [2.45, 2.75) is 44.6 Å². The van der Waals surface area contributed by atoms with E-state index in [-0.39, 0.29) is 68.2 Å². The lowest BCUT2D eigenvalue weighted by molar-refractivity contribution is -0.0591. The summed E-state index contributed by atoms with van der Waals surface area (Å²) in [5.74, 6) is -1.39. The molecule has 2 aliphatic heterocycles. The number of aromatic nitrogens is 3. The number of carbonyl (C=O) groups is 1. The third-order valence-corrected chi connectivity index (χ3v) is 7.68. The van der Waals surface area contributed by atoms with Gasteiger partial charge in [0.2, 0.25) is 0 Å². The van der Waals surface area contributed by atoms with Gasteiger partial charge in [-0.3, -0.25) is 9.88 Å². The van der Waals surface area contributed by atoms with Gasteiger partial charge in [-0.15, -0.1) is 0 Å². The fourth-order valence-corrected chi connectivity index (χ4v) is 5.34. The first kappa shape index (κ1) is 32.2. The number of hydrogen-bond donors (Lipinski definition) is 1. The van der Waals surface area contributed by atoms with Gasteiger partial charge in [-0.05, 0) is 67.9 Å². The molecular weight excluding hydrogens is 596 g/mol. The van der Waals surface area contributed by atoms with Gasteiger partial charge in [0.05, 0.1) is 47.4 Å². The first-order chi connectivity index (χ1) is 19.9. The van der Waals surface area contributed by atoms with Crippen molar-refractivity contribution in [2.24, 2.45) is 0 Å². The minimum atomic E-state index is -0.984. The zero-order valence-corrected chi connectivity index (χ0v) is 25.1. The molecule has 2 aromatic heterocycles. The number of benzene rings is 2. The molecule has 0 saturated carbocycles. The molecule has 1 N–H and O–H groups in total. The van der Waals surface area contributed by atoms with Crippen molar-refractivity contribution in [1.82, 2.24) is 19.4 Å². The van der Waals surface area contributed by atoms with Gasteiger partial charge in [-0.1, -0.05) is 0 Å².